The van der Waals surface area contributed by atoms with E-state index in [0.29, 0.717) is 28.7 Å². The molecule has 1 atom stereocenters. The molecule has 8 nitrogen and oxygen atoms in total. The molecule has 0 N–H and O–H groups in total. The second-order valence-corrected chi connectivity index (χ2v) is 9.97. The molecule has 9 heteroatoms. The Labute approximate surface area is 211 Å². The molecule has 0 unspecified atom stereocenters. The number of benzene rings is 2. The Morgan fingerprint density at radius 3 is 2.44 bits per heavy atom. The molecule has 3 aliphatic rings. The van der Waals surface area contributed by atoms with E-state index in [4.69, 9.17) is 14.2 Å². The van der Waals surface area contributed by atoms with E-state index in [1.54, 1.807) is 11.9 Å². The lowest BCUT2D eigenvalue weighted by molar-refractivity contribution is -0.124. The van der Waals surface area contributed by atoms with E-state index >= 15 is 0 Å². The number of nitrogens with zero attached hydrogens (tertiary/aromatic N) is 4. The third-order valence-electron chi connectivity index (χ3n) is 7.72. The number of amides is 2. The summed E-state index contributed by atoms with van der Waals surface area (Å²) in [5.41, 5.74) is 3.25. The van der Waals surface area contributed by atoms with Crippen LogP contribution in [0.15, 0.2) is 35.4 Å². The molecule has 1 spiro atoms. The smallest absolute Gasteiger partial charge is 0.344 e. The summed E-state index contributed by atoms with van der Waals surface area (Å²) in [4.78, 5) is 17.4. The van der Waals surface area contributed by atoms with Crippen LogP contribution < -0.4 is 19.3 Å². The van der Waals surface area contributed by atoms with Gasteiger partial charge >= 0.3 is 6.03 Å². The van der Waals surface area contributed by atoms with Crippen molar-refractivity contribution in [2.24, 2.45) is 10.5 Å². The molecular weight excluding hydrogens is 463 g/mol. The fourth-order valence-corrected chi connectivity index (χ4v) is 5.30. The SMILES string of the molecule is COc1cc(F)c2c(c1OC)C=NN(C(=O)N(C)c1ccc(N3CCC4(CC3)COC4)cc1)[C@H](C)C2. The Morgan fingerprint density at radius 1 is 1.17 bits per heavy atom. The molecule has 0 aliphatic carbocycles. The lowest BCUT2D eigenvalue weighted by atomic mass is 9.77. The number of hydrogen-bond acceptors (Lipinski definition) is 6. The predicted octanol–water partition coefficient (Wildman–Crippen LogP) is 4.30. The minimum absolute atomic E-state index is 0.287. The molecule has 0 bridgehead atoms. The highest BCUT2D eigenvalue weighted by atomic mass is 19.1. The summed E-state index contributed by atoms with van der Waals surface area (Å²) in [6.07, 6.45) is 4.07. The molecule has 0 saturated carbocycles. The number of carbonyl (C=O) groups is 1. The summed E-state index contributed by atoms with van der Waals surface area (Å²) in [5.74, 6) is 0.277. The maximum atomic E-state index is 14.9. The number of fused-ring (bicyclic) bond motifs is 1. The monoisotopic (exact) mass is 496 g/mol. The van der Waals surface area contributed by atoms with Crippen molar-refractivity contribution in [3.05, 3.63) is 47.3 Å². The van der Waals surface area contributed by atoms with E-state index in [0.717, 1.165) is 50.5 Å². The van der Waals surface area contributed by atoms with Crippen LogP contribution in [0.4, 0.5) is 20.6 Å². The number of halogens is 1. The fourth-order valence-electron chi connectivity index (χ4n) is 5.30. The Balaban J connectivity index is 1.31. The van der Waals surface area contributed by atoms with Crippen LogP contribution in [-0.2, 0) is 11.2 Å². The first-order valence-corrected chi connectivity index (χ1v) is 12.3. The Bertz CT molecular complexity index is 1160. The molecule has 3 aliphatic heterocycles. The van der Waals surface area contributed by atoms with E-state index in [1.807, 2.05) is 19.1 Å². The molecule has 36 heavy (non-hydrogen) atoms. The number of hydrogen-bond donors (Lipinski definition) is 0. The summed E-state index contributed by atoms with van der Waals surface area (Å²) in [6.45, 7) is 5.67. The third kappa shape index (κ3) is 4.25. The van der Waals surface area contributed by atoms with Crippen LogP contribution in [0, 0.1) is 11.2 Å². The van der Waals surface area contributed by atoms with Gasteiger partial charge in [-0.05, 0) is 50.5 Å². The van der Waals surface area contributed by atoms with Gasteiger partial charge in [-0.15, -0.1) is 0 Å². The van der Waals surface area contributed by atoms with Crippen LogP contribution in [0.25, 0.3) is 0 Å². The minimum Gasteiger partial charge on any atom is -0.493 e. The van der Waals surface area contributed by atoms with E-state index in [1.165, 1.54) is 31.5 Å². The first kappa shape index (κ1) is 24.4. The summed E-state index contributed by atoms with van der Waals surface area (Å²) >= 11 is 0. The average molecular weight is 497 g/mol. The van der Waals surface area contributed by atoms with Gasteiger partial charge < -0.3 is 19.1 Å². The average Bonchev–Trinajstić information content (AvgIpc) is 3.06. The molecule has 2 aromatic rings. The van der Waals surface area contributed by atoms with Crippen molar-refractivity contribution >= 4 is 23.6 Å². The number of hydrazone groups is 1. The molecule has 2 saturated heterocycles. The van der Waals surface area contributed by atoms with Crippen LogP contribution in [-0.4, -0.2) is 70.9 Å². The second-order valence-electron chi connectivity index (χ2n) is 9.97. The summed E-state index contributed by atoms with van der Waals surface area (Å²) in [7, 11) is 4.69. The normalized spacial score (nSPS) is 20.4. The lowest BCUT2D eigenvalue weighted by Crippen LogP contribution is -2.50. The van der Waals surface area contributed by atoms with E-state index in [2.05, 4.69) is 22.1 Å². The Morgan fingerprint density at radius 2 is 1.86 bits per heavy atom. The second kappa shape index (κ2) is 9.61. The maximum absolute atomic E-state index is 14.9. The van der Waals surface area contributed by atoms with E-state index in [9.17, 15) is 9.18 Å². The highest BCUT2D eigenvalue weighted by Gasteiger charge is 2.41. The van der Waals surface area contributed by atoms with E-state index < -0.39 is 5.82 Å². The number of carbonyl (C=O) groups excluding carboxylic acids is 1. The first-order valence-electron chi connectivity index (χ1n) is 12.3. The van der Waals surface area contributed by atoms with Crippen LogP contribution in [0.3, 0.4) is 0 Å². The van der Waals surface area contributed by atoms with Crippen molar-refractivity contribution in [3.63, 3.8) is 0 Å². The van der Waals surface area contributed by atoms with Crippen LogP contribution >= 0.6 is 0 Å². The molecule has 2 fully saturated rings. The van der Waals surface area contributed by atoms with Crippen LogP contribution in [0.1, 0.15) is 30.9 Å². The van der Waals surface area contributed by atoms with Crippen molar-refractivity contribution < 1.29 is 23.4 Å². The zero-order valence-electron chi connectivity index (χ0n) is 21.3. The summed E-state index contributed by atoms with van der Waals surface area (Å²) in [5, 5.41) is 5.82. The van der Waals surface area contributed by atoms with Gasteiger partial charge in [0.1, 0.15) is 5.82 Å². The molecule has 2 aromatic carbocycles. The quantitative estimate of drug-likeness (QED) is 0.632. The first-order chi connectivity index (χ1) is 17.4. The number of rotatable bonds is 4. The molecule has 0 aromatic heterocycles. The molecule has 5 rings (SSSR count). The van der Waals surface area contributed by atoms with Crippen LogP contribution in [0.5, 0.6) is 11.5 Å². The van der Waals surface area contributed by atoms with Gasteiger partial charge in [-0.2, -0.15) is 5.10 Å². The van der Waals surface area contributed by atoms with Gasteiger partial charge in [-0.25, -0.2) is 14.2 Å². The number of anilines is 2. The minimum atomic E-state index is -0.410. The Hall–Kier alpha value is -3.33. The zero-order valence-corrected chi connectivity index (χ0v) is 21.3. The fraction of sp³-hybridized carbons (Fsp3) is 0.481. The molecule has 3 heterocycles. The predicted molar refractivity (Wildman–Crippen MR) is 137 cm³/mol. The van der Waals surface area contributed by atoms with Crippen molar-refractivity contribution in [3.8, 4) is 11.5 Å². The van der Waals surface area contributed by atoms with Crippen molar-refractivity contribution in [2.45, 2.75) is 32.2 Å². The van der Waals surface area contributed by atoms with E-state index in [-0.39, 0.29) is 17.8 Å². The van der Waals surface area contributed by atoms with Gasteiger partial charge in [0, 0.05) is 54.1 Å². The summed E-state index contributed by atoms with van der Waals surface area (Å²) in [6, 6.07) is 8.69. The Kier molecular flexibility index (Phi) is 6.51. The standard InChI is InChI=1S/C27H33FN4O4/c1-18-13-21-22(25(35-4)24(34-3)14-23(21)28)15-29-32(18)26(33)30(2)19-5-7-20(8-6-19)31-11-9-27(10-12-31)16-36-17-27/h5-8,14-15,18H,9-13,16-17H2,1-4H3/t18-/m1/s1. The van der Waals surface area contributed by atoms with Crippen molar-refractivity contribution in [2.75, 3.05) is 57.4 Å². The highest BCUT2D eigenvalue weighted by molar-refractivity contribution is 5.94. The number of ether oxygens (including phenoxy) is 3. The molecule has 0 radical (unpaired) electrons. The molecule has 192 valence electrons. The molecule has 2 amide bonds. The number of methoxy groups -OCH3 is 2. The maximum Gasteiger partial charge on any atom is 0.344 e. The number of piperidine rings is 1. The van der Waals surface area contributed by atoms with Crippen LogP contribution in [0.2, 0.25) is 0 Å². The summed E-state index contributed by atoms with van der Waals surface area (Å²) < 4.78 is 31.0. The zero-order chi connectivity index (χ0) is 25.4. The van der Waals surface area contributed by atoms with Gasteiger partial charge in [0.15, 0.2) is 11.5 Å². The lowest BCUT2D eigenvalue weighted by Gasteiger charge is -2.47. The largest absolute Gasteiger partial charge is 0.493 e. The van der Waals surface area contributed by atoms with Crippen molar-refractivity contribution in [1.29, 1.82) is 0 Å². The van der Waals surface area contributed by atoms with Gasteiger partial charge in [-0.3, -0.25) is 4.90 Å². The molecular formula is C27H33FN4O4. The third-order valence-corrected chi connectivity index (χ3v) is 7.72. The highest BCUT2D eigenvalue weighted by Crippen LogP contribution is 2.40. The topological polar surface area (TPSA) is 66.8 Å². The van der Waals surface area contributed by atoms with Gasteiger partial charge in [0.2, 0.25) is 0 Å². The van der Waals surface area contributed by atoms with Crippen molar-refractivity contribution in [1.82, 2.24) is 5.01 Å². The van der Waals surface area contributed by atoms with Gasteiger partial charge in [0.25, 0.3) is 0 Å². The number of urea groups is 1. The van der Waals surface area contributed by atoms with Gasteiger partial charge in [-0.1, -0.05) is 0 Å². The van der Waals surface area contributed by atoms with Gasteiger partial charge in [0.05, 0.1) is 39.7 Å².